The molecule has 0 saturated heterocycles. The maximum atomic E-state index is 12.0. The predicted molar refractivity (Wildman–Crippen MR) is 72.1 cm³/mol. The molecule has 1 amide bonds. The van der Waals surface area contributed by atoms with Gasteiger partial charge in [0.1, 0.15) is 0 Å². The Morgan fingerprint density at radius 1 is 1.28 bits per heavy atom. The summed E-state index contributed by atoms with van der Waals surface area (Å²) in [5.41, 5.74) is 1.03. The van der Waals surface area contributed by atoms with Crippen molar-refractivity contribution >= 4 is 11.7 Å². The number of benzene rings is 1. The number of carbonyl (C=O) groups is 2. The van der Waals surface area contributed by atoms with Gasteiger partial charge >= 0.3 is 0 Å². The summed E-state index contributed by atoms with van der Waals surface area (Å²) in [6, 6.07) is 9.16. The molecular weight excluding hydrogens is 226 g/mol. The Bertz CT molecular complexity index is 423. The second-order valence-corrected chi connectivity index (χ2v) is 4.51. The summed E-state index contributed by atoms with van der Waals surface area (Å²) >= 11 is 0. The van der Waals surface area contributed by atoms with E-state index >= 15 is 0 Å². The van der Waals surface area contributed by atoms with Crippen LogP contribution >= 0.6 is 0 Å². The van der Waals surface area contributed by atoms with E-state index in [0.29, 0.717) is 6.42 Å². The highest BCUT2D eigenvalue weighted by atomic mass is 16.2. The topological polar surface area (TPSA) is 46.2 Å². The van der Waals surface area contributed by atoms with Gasteiger partial charge in [-0.25, -0.2) is 0 Å². The van der Waals surface area contributed by atoms with Crippen LogP contribution in [0.5, 0.6) is 0 Å². The zero-order chi connectivity index (χ0) is 13.5. The molecule has 3 nitrogen and oxygen atoms in total. The first kappa shape index (κ1) is 14.2. The van der Waals surface area contributed by atoms with Gasteiger partial charge < -0.3 is 5.32 Å². The van der Waals surface area contributed by atoms with Crippen LogP contribution < -0.4 is 5.32 Å². The zero-order valence-electron chi connectivity index (χ0n) is 10.8. The number of nitrogens with one attached hydrogen (secondary N) is 1. The van der Waals surface area contributed by atoms with Crippen LogP contribution in [0.15, 0.2) is 43.0 Å². The summed E-state index contributed by atoms with van der Waals surface area (Å²) in [6.07, 6.45) is 1.70. The molecule has 0 unspecified atom stereocenters. The third kappa shape index (κ3) is 4.17. The summed E-state index contributed by atoms with van der Waals surface area (Å²) < 4.78 is 0. The van der Waals surface area contributed by atoms with Gasteiger partial charge in [-0.05, 0) is 18.1 Å². The molecule has 1 aromatic rings. The number of Topliss-reactive ketones (excluding diaryl/α,β-unsaturated/α-hetero) is 1. The van der Waals surface area contributed by atoms with Crippen LogP contribution in [-0.2, 0) is 16.0 Å². The molecule has 3 heteroatoms. The molecule has 0 fully saturated rings. The lowest BCUT2D eigenvalue weighted by Gasteiger charge is -2.18. The summed E-state index contributed by atoms with van der Waals surface area (Å²) in [4.78, 5) is 23.4. The van der Waals surface area contributed by atoms with E-state index in [9.17, 15) is 9.59 Å². The van der Waals surface area contributed by atoms with E-state index in [1.54, 1.807) is 0 Å². The number of carbonyl (C=O) groups excluding carboxylic acids is 2. The largest absolute Gasteiger partial charge is 0.342 e. The molecule has 0 radical (unpaired) electrons. The first-order valence-corrected chi connectivity index (χ1v) is 6.05. The average Bonchev–Trinajstić information content (AvgIpc) is 2.38. The first-order chi connectivity index (χ1) is 8.54. The van der Waals surface area contributed by atoms with Crippen molar-refractivity contribution in [2.75, 3.05) is 0 Å². The highest BCUT2D eigenvalue weighted by Gasteiger charge is 2.22. The fourth-order valence-electron chi connectivity index (χ4n) is 1.71. The second kappa shape index (κ2) is 6.74. The van der Waals surface area contributed by atoms with Gasteiger partial charge in [-0.15, -0.1) is 0 Å². The summed E-state index contributed by atoms with van der Waals surface area (Å²) in [5, 5.41) is 2.69. The lowest BCUT2D eigenvalue weighted by molar-refractivity contribution is -0.127. The normalized spacial score (nSPS) is 11.9. The minimum Gasteiger partial charge on any atom is -0.342 e. The Labute approximate surface area is 108 Å². The molecule has 0 saturated carbocycles. The maximum absolute atomic E-state index is 12.0. The van der Waals surface area contributed by atoms with Crippen LogP contribution in [0.3, 0.4) is 0 Å². The van der Waals surface area contributed by atoms with E-state index in [1.165, 1.54) is 6.08 Å². The third-order valence-corrected chi connectivity index (χ3v) is 2.70. The first-order valence-electron chi connectivity index (χ1n) is 6.05. The van der Waals surface area contributed by atoms with Gasteiger partial charge in [0.15, 0.2) is 5.78 Å². The van der Waals surface area contributed by atoms with E-state index in [2.05, 4.69) is 11.9 Å². The Hall–Kier alpha value is -1.90. The molecule has 96 valence electrons. The van der Waals surface area contributed by atoms with Crippen molar-refractivity contribution in [3.05, 3.63) is 48.6 Å². The number of ketones is 1. The van der Waals surface area contributed by atoms with Gasteiger partial charge in [-0.1, -0.05) is 50.8 Å². The Kier molecular flexibility index (Phi) is 5.31. The minimum atomic E-state index is -0.488. The maximum Gasteiger partial charge on any atom is 0.243 e. The number of hydrogen-bond acceptors (Lipinski definition) is 2. The Balaban J connectivity index is 2.80. The molecule has 0 spiro atoms. The van der Waals surface area contributed by atoms with Crippen molar-refractivity contribution in [1.29, 1.82) is 0 Å². The van der Waals surface area contributed by atoms with Crippen molar-refractivity contribution in [2.24, 2.45) is 5.92 Å². The molecule has 0 bridgehead atoms. The molecular formula is C15H19NO2. The Morgan fingerprint density at radius 2 is 1.89 bits per heavy atom. The molecule has 1 atom stereocenters. The van der Waals surface area contributed by atoms with Crippen molar-refractivity contribution < 1.29 is 9.59 Å². The predicted octanol–water partition coefficient (Wildman–Crippen LogP) is 2.12. The van der Waals surface area contributed by atoms with Crippen LogP contribution in [0, 0.1) is 5.92 Å². The van der Waals surface area contributed by atoms with Gasteiger partial charge in [0.05, 0.1) is 6.04 Å². The van der Waals surface area contributed by atoms with Gasteiger partial charge in [-0.3, -0.25) is 9.59 Å². The van der Waals surface area contributed by atoms with Crippen LogP contribution in [0.4, 0.5) is 0 Å². The van der Waals surface area contributed by atoms with Gasteiger partial charge in [0.2, 0.25) is 5.91 Å². The van der Waals surface area contributed by atoms with Crippen molar-refractivity contribution in [2.45, 2.75) is 26.3 Å². The molecule has 0 aliphatic rings. The summed E-state index contributed by atoms with van der Waals surface area (Å²) in [7, 11) is 0. The lowest BCUT2D eigenvalue weighted by atomic mass is 9.95. The molecule has 1 rings (SSSR count). The van der Waals surface area contributed by atoms with Crippen molar-refractivity contribution in [3.63, 3.8) is 0 Å². The standard InChI is InChI=1S/C15H19NO2/c1-4-14(17)16-13(15(18)11(2)3)10-12-8-6-5-7-9-12/h4-9,11,13H,1,10H2,2-3H3,(H,16,17)/t13-/m0/s1. The van der Waals surface area contributed by atoms with Crippen molar-refractivity contribution in [3.8, 4) is 0 Å². The van der Waals surface area contributed by atoms with Gasteiger partial charge in [-0.2, -0.15) is 0 Å². The molecule has 18 heavy (non-hydrogen) atoms. The smallest absolute Gasteiger partial charge is 0.243 e. The zero-order valence-corrected chi connectivity index (χ0v) is 10.8. The lowest BCUT2D eigenvalue weighted by Crippen LogP contribution is -2.43. The van der Waals surface area contributed by atoms with E-state index < -0.39 is 6.04 Å². The number of amides is 1. The quantitative estimate of drug-likeness (QED) is 0.780. The average molecular weight is 245 g/mol. The highest BCUT2D eigenvalue weighted by molar-refractivity contribution is 5.94. The van der Waals surface area contributed by atoms with E-state index in [0.717, 1.165) is 5.56 Å². The van der Waals surface area contributed by atoms with Gasteiger partial charge in [0, 0.05) is 5.92 Å². The molecule has 0 aromatic heterocycles. The molecule has 0 heterocycles. The summed E-state index contributed by atoms with van der Waals surface area (Å²) in [6.45, 7) is 7.07. The fourth-order valence-corrected chi connectivity index (χ4v) is 1.71. The number of hydrogen-bond donors (Lipinski definition) is 1. The third-order valence-electron chi connectivity index (χ3n) is 2.70. The van der Waals surface area contributed by atoms with E-state index in [4.69, 9.17) is 0 Å². The van der Waals surface area contributed by atoms with Crippen molar-refractivity contribution in [1.82, 2.24) is 5.32 Å². The second-order valence-electron chi connectivity index (χ2n) is 4.51. The molecule has 0 aliphatic heterocycles. The van der Waals surface area contributed by atoms with Crippen LogP contribution in [0.1, 0.15) is 19.4 Å². The Morgan fingerprint density at radius 3 is 2.39 bits per heavy atom. The van der Waals surface area contributed by atoms with E-state index in [-0.39, 0.29) is 17.6 Å². The fraction of sp³-hybridized carbons (Fsp3) is 0.333. The number of rotatable bonds is 6. The van der Waals surface area contributed by atoms with Crippen LogP contribution in [-0.4, -0.2) is 17.7 Å². The molecule has 1 N–H and O–H groups in total. The van der Waals surface area contributed by atoms with Crippen LogP contribution in [0.2, 0.25) is 0 Å². The monoisotopic (exact) mass is 245 g/mol. The van der Waals surface area contributed by atoms with Gasteiger partial charge in [0.25, 0.3) is 0 Å². The van der Waals surface area contributed by atoms with Crippen LogP contribution in [0.25, 0.3) is 0 Å². The highest BCUT2D eigenvalue weighted by Crippen LogP contribution is 2.08. The van der Waals surface area contributed by atoms with E-state index in [1.807, 2.05) is 44.2 Å². The summed E-state index contributed by atoms with van der Waals surface area (Å²) in [5.74, 6) is -0.386. The molecule has 1 aromatic carbocycles. The molecule has 0 aliphatic carbocycles. The SMILES string of the molecule is C=CC(=O)N[C@@H](Cc1ccccc1)C(=O)C(C)C. The minimum absolute atomic E-state index is 0.0362.